The summed E-state index contributed by atoms with van der Waals surface area (Å²) in [5, 5.41) is 14.7. The van der Waals surface area contributed by atoms with Crippen LogP contribution in [0.15, 0.2) is 18.2 Å². The molecule has 1 unspecified atom stereocenters. The van der Waals surface area contributed by atoms with Crippen molar-refractivity contribution in [1.29, 1.82) is 0 Å². The average Bonchev–Trinajstić information content (AvgIpc) is 2.61. The summed E-state index contributed by atoms with van der Waals surface area (Å²) in [4.78, 5) is 27.0. The second-order valence-electron chi connectivity index (χ2n) is 7.54. The molecular formula is C19H29ClN4O3. The van der Waals surface area contributed by atoms with Crippen LogP contribution in [0.25, 0.3) is 0 Å². The summed E-state index contributed by atoms with van der Waals surface area (Å²) in [6.45, 7) is 8.61. The van der Waals surface area contributed by atoms with Crippen LogP contribution in [0, 0.1) is 16.0 Å². The molecule has 1 fully saturated rings. The molecule has 1 saturated heterocycles. The van der Waals surface area contributed by atoms with Gasteiger partial charge in [0, 0.05) is 43.3 Å². The highest BCUT2D eigenvalue weighted by Crippen LogP contribution is 2.31. The largest absolute Gasteiger partial charge is 0.362 e. The minimum Gasteiger partial charge on any atom is -0.362 e. The molecule has 0 bridgehead atoms. The first kappa shape index (κ1) is 21.3. The number of amides is 2. The number of carbonyl (C=O) groups excluding carboxylic acids is 1. The fraction of sp³-hybridized carbons (Fsp3) is 0.632. The van der Waals surface area contributed by atoms with Gasteiger partial charge in [-0.05, 0) is 31.4 Å². The summed E-state index contributed by atoms with van der Waals surface area (Å²) in [7, 11) is 0. The number of nitrogens with one attached hydrogen (secondary N) is 1. The Bertz CT molecular complexity index is 660. The molecule has 1 aromatic carbocycles. The van der Waals surface area contributed by atoms with E-state index in [-0.39, 0.29) is 17.8 Å². The van der Waals surface area contributed by atoms with E-state index in [9.17, 15) is 14.9 Å². The lowest BCUT2D eigenvalue weighted by Crippen LogP contribution is -2.53. The number of nitro benzene ring substituents is 1. The van der Waals surface area contributed by atoms with Gasteiger partial charge in [-0.25, -0.2) is 4.79 Å². The smallest absolute Gasteiger partial charge is 0.317 e. The van der Waals surface area contributed by atoms with Crippen LogP contribution in [0.2, 0.25) is 5.02 Å². The van der Waals surface area contributed by atoms with Gasteiger partial charge in [-0.3, -0.25) is 10.1 Å². The minimum atomic E-state index is -0.418. The first-order valence-corrected chi connectivity index (χ1v) is 9.90. The zero-order chi connectivity index (χ0) is 20.0. The van der Waals surface area contributed by atoms with E-state index in [1.54, 1.807) is 17.0 Å². The monoisotopic (exact) mass is 396 g/mol. The van der Waals surface area contributed by atoms with Crippen LogP contribution in [0.3, 0.4) is 0 Å². The molecule has 1 N–H and O–H groups in total. The zero-order valence-corrected chi connectivity index (χ0v) is 17.0. The molecule has 1 aromatic rings. The van der Waals surface area contributed by atoms with E-state index in [4.69, 9.17) is 11.6 Å². The molecule has 1 atom stereocenters. The number of anilines is 1. The van der Waals surface area contributed by atoms with Crippen LogP contribution < -0.4 is 10.2 Å². The van der Waals surface area contributed by atoms with Crippen molar-refractivity contribution in [3.8, 4) is 0 Å². The Kier molecular flexibility index (Phi) is 7.71. The van der Waals surface area contributed by atoms with Crippen LogP contribution in [0.4, 0.5) is 16.2 Å². The molecule has 0 aromatic heterocycles. The summed E-state index contributed by atoms with van der Waals surface area (Å²) < 4.78 is 0. The van der Waals surface area contributed by atoms with Gasteiger partial charge in [0.25, 0.3) is 5.69 Å². The third kappa shape index (κ3) is 6.27. The summed E-state index contributed by atoms with van der Waals surface area (Å²) in [5.41, 5.74) is 0.547. The Balaban J connectivity index is 1.86. The standard InChI is InChI=1S/C19H29ClN4O3/c1-14(2)5-4-6-15(3)21-19(25)23-11-9-22(10-12-23)17-8-7-16(20)13-18(17)24(26)27/h7-8,13-15H,4-6,9-12H2,1-3H3,(H,21,25). The van der Waals surface area contributed by atoms with Crippen molar-refractivity contribution in [3.05, 3.63) is 33.3 Å². The van der Waals surface area contributed by atoms with Crippen LogP contribution in [-0.4, -0.2) is 48.1 Å². The Morgan fingerprint density at radius 1 is 1.22 bits per heavy atom. The van der Waals surface area contributed by atoms with Crippen molar-refractivity contribution >= 4 is 29.0 Å². The van der Waals surface area contributed by atoms with Crippen LogP contribution in [0.1, 0.15) is 40.0 Å². The molecule has 0 radical (unpaired) electrons. The van der Waals surface area contributed by atoms with E-state index in [0.717, 1.165) is 12.8 Å². The number of piperazine rings is 1. The van der Waals surface area contributed by atoms with Crippen molar-refractivity contribution in [2.24, 2.45) is 5.92 Å². The Hall–Kier alpha value is -2.02. The fourth-order valence-electron chi connectivity index (χ4n) is 3.27. The summed E-state index contributed by atoms with van der Waals surface area (Å²) >= 11 is 5.88. The van der Waals surface area contributed by atoms with Crippen molar-refractivity contribution < 1.29 is 9.72 Å². The number of benzene rings is 1. The van der Waals surface area contributed by atoms with Gasteiger partial charge < -0.3 is 15.1 Å². The van der Waals surface area contributed by atoms with Crippen molar-refractivity contribution in [2.45, 2.75) is 46.1 Å². The number of hydrogen-bond acceptors (Lipinski definition) is 4. The molecule has 1 heterocycles. The second kappa shape index (κ2) is 9.78. The SMILES string of the molecule is CC(C)CCCC(C)NC(=O)N1CCN(c2ccc(Cl)cc2[N+](=O)[O-])CC1. The maximum absolute atomic E-state index is 12.4. The summed E-state index contributed by atoms with van der Waals surface area (Å²) in [5.74, 6) is 0.679. The molecule has 1 aliphatic heterocycles. The van der Waals surface area contributed by atoms with Gasteiger partial charge in [0.2, 0.25) is 0 Å². The Labute approximate surface area is 165 Å². The van der Waals surface area contributed by atoms with E-state index in [2.05, 4.69) is 19.2 Å². The van der Waals surface area contributed by atoms with Gasteiger partial charge in [0.1, 0.15) is 5.69 Å². The summed E-state index contributed by atoms with van der Waals surface area (Å²) in [6, 6.07) is 4.79. The van der Waals surface area contributed by atoms with Crippen LogP contribution in [-0.2, 0) is 0 Å². The fourth-order valence-corrected chi connectivity index (χ4v) is 3.43. The lowest BCUT2D eigenvalue weighted by atomic mass is 10.0. The van der Waals surface area contributed by atoms with Crippen molar-refractivity contribution in [2.75, 3.05) is 31.1 Å². The maximum atomic E-state index is 12.4. The highest BCUT2D eigenvalue weighted by atomic mass is 35.5. The maximum Gasteiger partial charge on any atom is 0.317 e. The van der Waals surface area contributed by atoms with Gasteiger partial charge in [-0.1, -0.05) is 38.3 Å². The molecule has 0 spiro atoms. The van der Waals surface area contributed by atoms with Crippen LogP contribution >= 0.6 is 11.6 Å². The van der Waals surface area contributed by atoms with Gasteiger partial charge in [0.15, 0.2) is 0 Å². The second-order valence-corrected chi connectivity index (χ2v) is 7.98. The first-order valence-electron chi connectivity index (χ1n) is 9.52. The molecule has 7 nitrogen and oxygen atoms in total. The molecule has 27 heavy (non-hydrogen) atoms. The van der Waals surface area contributed by atoms with Crippen molar-refractivity contribution in [1.82, 2.24) is 10.2 Å². The van der Waals surface area contributed by atoms with E-state index < -0.39 is 4.92 Å². The predicted molar refractivity (Wildman–Crippen MR) is 109 cm³/mol. The molecule has 2 rings (SSSR count). The first-order chi connectivity index (χ1) is 12.8. The number of urea groups is 1. The third-order valence-electron chi connectivity index (χ3n) is 4.83. The summed E-state index contributed by atoms with van der Waals surface area (Å²) in [6.07, 6.45) is 3.24. The Morgan fingerprint density at radius 2 is 1.89 bits per heavy atom. The van der Waals surface area contributed by atoms with Gasteiger partial charge in [0.05, 0.1) is 4.92 Å². The van der Waals surface area contributed by atoms with E-state index in [0.29, 0.717) is 42.8 Å². The molecule has 1 aliphatic rings. The molecule has 0 saturated carbocycles. The number of carbonyl (C=O) groups is 1. The minimum absolute atomic E-state index is 0.000763. The lowest BCUT2D eigenvalue weighted by molar-refractivity contribution is -0.384. The van der Waals surface area contributed by atoms with E-state index in [1.807, 2.05) is 11.8 Å². The number of nitrogens with zero attached hydrogens (tertiary/aromatic N) is 3. The highest BCUT2D eigenvalue weighted by molar-refractivity contribution is 6.30. The molecule has 0 aliphatic carbocycles. The van der Waals surface area contributed by atoms with E-state index in [1.165, 1.54) is 12.5 Å². The molecule has 8 heteroatoms. The zero-order valence-electron chi connectivity index (χ0n) is 16.3. The topological polar surface area (TPSA) is 78.7 Å². The number of rotatable bonds is 7. The Morgan fingerprint density at radius 3 is 2.48 bits per heavy atom. The third-order valence-corrected chi connectivity index (χ3v) is 5.07. The van der Waals surface area contributed by atoms with E-state index >= 15 is 0 Å². The normalized spacial score (nSPS) is 15.7. The number of halogens is 1. The average molecular weight is 397 g/mol. The van der Waals surface area contributed by atoms with Gasteiger partial charge in [-0.15, -0.1) is 0 Å². The molecule has 2 amide bonds. The molecular weight excluding hydrogens is 368 g/mol. The lowest BCUT2D eigenvalue weighted by Gasteiger charge is -2.36. The molecule has 150 valence electrons. The van der Waals surface area contributed by atoms with Crippen LogP contribution in [0.5, 0.6) is 0 Å². The quantitative estimate of drug-likeness (QED) is 0.550. The number of hydrogen-bond donors (Lipinski definition) is 1. The highest BCUT2D eigenvalue weighted by Gasteiger charge is 2.26. The number of nitro groups is 1. The van der Waals surface area contributed by atoms with Crippen molar-refractivity contribution in [3.63, 3.8) is 0 Å². The van der Waals surface area contributed by atoms with Gasteiger partial charge in [-0.2, -0.15) is 0 Å². The van der Waals surface area contributed by atoms with Gasteiger partial charge >= 0.3 is 6.03 Å². The predicted octanol–water partition coefficient (Wildman–Crippen LogP) is 4.29.